The van der Waals surface area contributed by atoms with Gasteiger partial charge in [-0.15, -0.1) is 0 Å². The first-order chi connectivity index (χ1) is 15.1. The van der Waals surface area contributed by atoms with Gasteiger partial charge in [-0.25, -0.2) is 0 Å². The molecule has 3 atom stereocenters. The van der Waals surface area contributed by atoms with Crippen LogP contribution in [0.25, 0.3) is 11.0 Å². The summed E-state index contributed by atoms with van der Waals surface area (Å²) in [6.07, 6.45) is 5.86. The molecule has 0 saturated heterocycles. The predicted octanol–water partition coefficient (Wildman–Crippen LogP) is 3.07. The number of aliphatic hydroxyl groups is 1. The lowest BCUT2D eigenvalue weighted by molar-refractivity contribution is -0.166. The molecule has 2 N–H and O–H groups in total. The maximum atomic E-state index is 13.3. The summed E-state index contributed by atoms with van der Waals surface area (Å²) in [6.45, 7) is 2.90. The number of carbonyl (C=O) groups is 1. The Balaban J connectivity index is 1.73. The lowest BCUT2D eigenvalue weighted by atomic mass is 9.81. The van der Waals surface area contributed by atoms with Crippen molar-refractivity contribution >= 4 is 16.9 Å². The molecule has 1 aliphatic heterocycles. The van der Waals surface area contributed by atoms with E-state index in [1.807, 2.05) is 13.0 Å². The second-order valence-electron chi connectivity index (χ2n) is 8.20. The Hall–Kier alpha value is -2.64. The number of carbonyl (C=O) groups excluding carboxylic acids is 1. The fourth-order valence-corrected chi connectivity index (χ4v) is 4.09. The first-order valence-corrected chi connectivity index (χ1v) is 11.0. The Morgan fingerprint density at radius 2 is 2.10 bits per heavy atom. The van der Waals surface area contributed by atoms with Crippen molar-refractivity contribution in [1.82, 2.24) is 5.32 Å². The van der Waals surface area contributed by atoms with E-state index in [1.54, 1.807) is 24.3 Å². The minimum atomic E-state index is -0.695. The number of rotatable bonds is 9. The Labute approximate surface area is 181 Å². The molecule has 0 bridgehead atoms. The number of fused-ring (bicyclic) bond motifs is 1. The van der Waals surface area contributed by atoms with Gasteiger partial charge in [0.05, 0.1) is 11.6 Å². The van der Waals surface area contributed by atoms with Crippen LogP contribution in [0, 0.1) is 11.8 Å². The molecule has 1 aromatic heterocycles. The second kappa shape index (κ2) is 9.66. The van der Waals surface area contributed by atoms with Gasteiger partial charge >= 0.3 is 0 Å². The zero-order chi connectivity index (χ0) is 21.8. The number of hydrogen-bond acceptors (Lipinski definition) is 6. The van der Waals surface area contributed by atoms with Crippen LogP contribution in [-0.4, -0.2) is 37.1 Å². The monoisotopic (exact) mass is 427 g/mol. The normalized spacial score (nSPS) is 23.3. The molecule has 0 radical (unpaired) electrons. The average molecular weight is 427 g/mol. The van der Waals surface area contributed by atoms with Crippen molar-refractivity contribution in [3.8, 4) is 0 Å². The molecule has 4 rings (SSSR count). The van der Waals surface area contributed by atoms with Gasteiger partial charge in [0.1, 0.15) is 5.58 Å². The Kier molecular flexibility index (Phi) is 6.73. The zero-order valence-corrected chi connectivity index (χ0v) is 17.7. The number of benzene rings is 1. The van der Waals surface area contributed by atoms with E-state index in [0.717, 1.165) is 12.8 Å². The summed E-state index contributed by atoms with van der Waals surface area (Å²) in [4.78, 5) is 26.1. The lowest BCUT2D eigenvalue weighted by Gasteiger charge is -2.36. The van der Waals surface area contributed by atoms with E-state index in [2.05, 4.69) is 5.32 Å². The molecule has 1 saturated carbocycles. The summed E-state index contributed by atoms with van der Waals surface area (Å²) in [5.41, 5.74) is 0.845. The third-order valence-electron chi connectivity index (χ3n) is 5.95. The standard InChI is InChI=1S/C24H29NO6/c1-2-29-24-16(7-5-11-26)18(12-21(31-24)23(28)25-13-15-9-10-15)19-14-30-20-8-4-3-6-17(20)22(19)27/h3-4,6,8,12,14-16,18,24,26H,2,5,7,9-11,13H2,1H3,(H,25,28)/t16-,18+,24-/m1/s1. The highest BCUT2D eigenvalue weighted by atomic mass is 16.7. The first-order valence-electron chi connectivity index (χ1n) is 11.0. The largest absolute Gasteiger partial charge is 0.464 e. The number of nitrogens with one attached hydrogen (secondary N) is 1. The molecule has 31 heavy (non-hydrogen) atoms. The molecule has 1 fully saturated rings. The van der Waals surface area contributed by atoms with Gasteiger partial charge in [0.25, 0.3) is 5.91 Å². The molecule has 1 aromatic carbocycles. The lowest BCUT2D eigenvalue weighted by Crippen LogP contribution is -2.40. The second-order valence-corrected chi connectivity index (χ2v) is 8.20. The predicted molar refractivity (Wildman–Crippen MR) is 115 cm³/mol. The van der Waals surface area contributed by atoms with Gasteiger partial charge in [0.2, 0.25) is 6.29 Å². The number of amides is 1. The molecule has 1 amide bonds. The van der Waals surface area contributed by atoms with Crippen LogP contribution in [0.15, 0.2) is 51.6 Å². The number of ether oxygens (including phenoxy) is 2. The summed E-state index contributed by atoms with van der Waals surface area (Å²) in [5.74, 6) is -0.267. The van der Waals surface area contributed by atoms with Gasteiger partial charge in [-0.3, -0.25) is 9.59 Å². The third kappa shape index (κ3) is 4.83. The van der Waals surface area contributed by atoms with Crippen LogP contribution in [0.5, 0.6) is 0 Å². The summed E-state index contributed by atoms with van der Waals surface area (Å²) >= 11 is 0. The van der Waals surface area contributed by atoms with E-state index in [1.165, 1.54) is 6.26 Å². The van der Waals surface area contributed by atoms with E-state index >= 15 is 0 Å². The van der Waals surface area contributed by atoms with Crippen LogP contribution >= 0.6 is 0 Å². The molecule has 166 valence electrons. The van der Waals surface area contributed by atoms with Gasteiger partial charge in [-0.05, 0) is 56.7 Å². The highest BCUT2D eigenvalue weighted by Gasteiger charge is 2.39. The van der Waals surface area contributed by atoms with E-state index in [-0.39, 0.29) is 29.6 Å². The quantitative estimate of drug-likeness (QED) is 0.638. The smallest absolute Gasteiger partial charge is 0.286 e. The molecule has 7 nitrogen and oxygen atoms in total. The van der Waals surface area contributed by atoms with Gasteiger partial charge in [-0.1, -0.05) is 12.1 Å². The third-order valence-corrected chi connectivity index (χ3v) is 5.95. The highest BCUT2D eigenvalue weighted by Crippen LogP contribution is 2.39. The van der Waals surface area contributed by atoms with Gasteiger partial charge in [0.15, 0.2) is 11.2 Å². The Bertz CT molecular complexity index is 1010. The zero-order valence-electron chi connectivity index (χ0n) is 17.7. The number of para-hydroxylation sites is 1. The maximum Gasteiger partial charge on any atom is 0.286 e. The molecular weight excluding hydrogens is 398 g/mol. The topological polar surface area (TPSA) is 98.0 Å². The Morgan fingerprint density at radius 1 is 1.29 bits per heavy atom. The molecule has 2 aliphatic rings. The van der Waals surface area contributed by atoms with Gasteiger partial charge in [0, 0.05) is 37.2 Å². The van der Waals surface area contributed by atoms with Gasteiger partial charge in [-0.2, -0.15) is 0 Å². The van der Waals surface area contributed by atoms with Crippen molar-refractivity contribution in [2.24, 2.45) is 11.8 Å². The van der Waals surface area contributed by atoms with Crippen LogP contribution in [-0.2, 0) is 14.3 Å². The van der Waals surface area contributed by atoms with Crippen LogP contribution in [0.4, 0.5) is 0 Å². The maximum absolute atomic E-state index is 13.3. The highest BCUT2D eigenvalue weighted by molar-refractivity contribution is 5.91. The van der Waals surface area contributed by atoms with Crippen LogP contribution in [0.1, 0.15) is 44.1 Å². The number of aliphatic hydroxyl groups excluding tert-OH is 1. The number of hydrogen-bond donors (Lipinski definition) is 2. The average Bonchev–Trinajstić information content (AvgIpc) is 3.61. The fraction of sp³-hybridized carbons (Fsp3) is 0.500. The molecule has 0 spiro atoms. The van der Waals surface area contributed by atoms with Crippen molar-refractivity contribution in [1.29, 1.82) is 0 Å². The minimum absolute atomic E-state index is 0.0207. The van der Waals surface area contributed by atoms with Crippen LogP contribution in [0.3, 0.4) is 0 Å². The van der Waals surface area contributed by atoms with E-state index < -0.39 is 12.2 Å². The molecule has 0 unspecified atom stereocenters. The van der Waals surface area contributed by atoms with E-state index in [9.17, 15) is 14.7 Å². The van der Waals surface area contributed by atoms with Crippen molar-refractivity contribution < 1.29 is 23.8 Å². The van der Waals surface area contributed by atoms with Gasteiger partial charge < -0.3 is 24.3 Å². The van der Waals surface area contributed by atoms with Crippen molar-refractivity contribution in [2.75, 3.05) is 19.8 Å². The van der Waals surface area contributed by atoms with E-state index in [0.29, 0.717) is 48.4 Å². The summed E-state index contributed by atoms with van der Waals surface area (Å²) in [6, 6.07) is 7.10. The summed E-state index contributed by atoms with van der Waals surface area (Å²) in [5, 5.41) is 12.8. The van der Waals surface area contributed by atoms with Crippen LogP contribution < -0.4 is 10.7 Å². The minimum Gasteiger partial charge on any atom is -0.464 e. The molecule has 2 heterocycles. The van der Waals surface area contributed by atoms with Crippen molar-refractivity contribution in [2.45, 2.75) is 44.8 Å². The number of allylic oxidation sites excluding steroid dienone is 1. The summed E-state index contributed by atoms with van der Waals surface area (Å²) < 4.78 is 17.5. The Morgan fingerprint density at radius 3 is 2.84 bits per heavy atom. The molecule has 7 heteroatoms. The van der Waals surface area contributed by atoms with Crippen molar-refractivity contribution in [3.63, 3.8) is 0 Å². The van der Waals surface area contributed by atoms with E-state index in [4.69, 9.17) is 13.9 Å². The molecule has 1 aliphatic carbocycles. The fourth-order valence-electron chi connectivity index (χ4n) is 4.09. The summed E-state index contributed by atoms with van der Waals surface area (Å²) in [7, 11) is 0. The first kappa shape index (κ1) is 21.6. The molecule has 2 aromatic rings. The van der Waals surface area contributed by atoms with Crippen molar-refractivity contribution in [3.05, 3.63) is 58.2 Å². The SMILES string of the molecule is CCO[C@@H]1OC(C(=O)NCC2CC2)=C[C@H](c2coc3ccccc3c2=O)[C@H]1CCCO. The molecular formula is C24H29NO6. The van der Waals surface area contributed by atoms with Crippen LogP contribution in [0.2, 0.25) is 0 Å².